The van der Waals surface area contributed by atoms with Gasteiger partial charge in [-0.3, -0.25) is 14.3 Å². The third-order valence-electron chi connectivity index (χ3n) is 4.92. The molecule has 2 amide bonds. The van der Waals surface area contributed by atoms with E-state index in [9.17, 15) is 9.59 Å². The Bertz CT molecular complexity index is 596. The van der Waals surface area contributed by atoms with Crippen molar-refractivity contribution in [2.75, 3.05) is 27.2 Å². The van der Waals surface area contributed by atoms with Crippen LogP contribution in [0.15, 0.2) is 6.20 Å². The fourth-order valence-corrected chi connectivity index (χ4v) is 3.27. The summed E-state index contributed by atoms with van der Waals surface area (Å²) in [4.78, 5) is 28.2. The van der Waals surface area contributed by atoms with Crippen molar-refractivity contribution in [3.8, 4) is 0 Å². The molecule has 1 aliphatic carbocycles. The van der Waals surface area contributed by atoms with E-state index in [-0.39, 0.29) is 11.8 Å². The lowest BCUT2D eigenvalue weighted by molar-refractivity contribution is -0.129. The number of likely N-dealkylation sites (tertiary alicyclic amines) is 1. The molecule has 2 aliphatic rings. The first-order valence-corrected chi connectivity index (χ1v) is 8.48. The summed E-state index contributed by atoms with van der Waals surface area (Å²) in [6.45, 7) is 1.48. The van der Waals surface area contributed by atoms with E-state index in [2.05, 4.69) is 5.10 Å². The van der Waals surface area contributed by atoms with Gasteiger partial charge < -0.3 is 9.80 Å². The number of carbonyl (C=O) groups is 2. The third-order valence-corrected chi connectivity index (χ3v) is 4.92. The standard InChI is InChI=1S/C17H26N4O2/c1-19(2)15(22)10-12-6-8-21(9-7-12)17(23)14-11-20(3)18-16(14)13-4-5-13/h11-13H,4-10H2,1-3H3. The number of rotatable bonds is 4. The highest BCUT2D eigenvalue weighted by molar-refractivity contribution is 5.95. The summed E-state index contributed by atoms with van der Waals surface area (Å²) in [5, 5.41) is 4.48. The average molecular weight is 318 g/mol. The number of aryl methyl sites for hydroxylation is 1. The van der Waals surface area contributed by atoms with Crippen LogP contribution in [0.2, 0.25) is 0 Å². The van der Waals surface area contributed by atoms with E-state index in [1.54, 1.807) is 23.7 Å². The SMILES string of the molecule is CN(C)C(=O)CC1CCN(C(=O)c2cn(C)nc2C2CC2)CC1. The van der Waals surface area contributed by atoms with E-state index < -0.39 is 0 Å². The second-order valence-corrected chi connectivity index (χ2v) is 7.10. The van der Waals surface area contributed by atoms with Gasteiger partial charge >= 0.3 is 0 Å². The Morgan fingerprint density at radius 2 is 1.87 bits per heavy atom. The van der Waals surface area contributed by atoms with Crippen molar-refractivity contribution in [1.82, 2.24) is 19.6 Å². The molecule has 1 saturated heterocycles. The molecule has 2 heterocycles. The molecule has 1 aromatic heterocycles. The average Bonchev–Trinajstić information content (AvgIpc) is 3.29. The minimum Gasteiger partial charge on any atom is -0.349 e. The summed E-state index contributed by atoms with van der Waals surface area (Å²) in [7, 11) is 5.47. The molecule has 0 radical (unpaired) electrons. The molecule has 126 valence electrons. The van der Waals surface area contributed by atoms with Gasteiger partial charge in [-0.2, -0.15) is 5.10 Å². The highest BCUT2D eigenvalue weighted by Gasteiger charge is 2.33. The van der Waals surface area contributed by atoms with Gasteiger partial charge in [-0.05, 0) is 31.6 Å². The Morgan fingerprint density at radius 3 is 2.43 bits per heavy atom. The monoisotopic (exact) mass is 318 g/mol. The highest BCUT2D eigenvalue weighted by atomic mass is 16.2. The number of piperidine rings is 1. The molecule has 0 bridgehead atoms. The van der Waals surface area contributed by atoms with E-state index in [4.69, 9.17) is 0 Å². The fourth-order valence-electron chi connectivity index (χ4n) is 3.27. The van der Waals surface area contributed by atoms with E-state index in [1.807, 2.05) is 18.1 Å². The summed E-state index contributed by atoms with van der Waals surface area (Å²) in [6.07, 6.45) is 6.56. The van der Waals surface area contributed by atoms with Gasteiger partial charge in [0.2, 0.25) is 5.91 Å². The molecule has 1 aliphatic heterocycles. The molecule has 0 unspecified atom stereocenters. The van der Waals surface area contributed by atoms with Gasteiger partial charge in [-0.15, -0.1) is 0 Å². The summed E-state index contributed by atoms with van der Waals surface area (Å²) in [6, 6.07) is 0. The second kappa shape index (κ2) is 6.34. The van der Waals surface area contributed by atoms with Crippen molar-refractivity contribution in [2.45, 2.75) is 38.0 Å². The first-order chi connectivity index (χ1) is 11.0. The normalized spacial score (nSPS) is 19.0. The molecular weight excluding hydrogens is 292 g/mol. The predicted octanol–water partition coefficient (Wildman–Crippen LogP) is 1.63. The van der Waals surface area contributed by atoms with Crippen LogP contribution in [0.1, 0.15) is 54.1 Å². The molecular formula is C17H26N4O2. The lowest BCUT2D eigenvalue weighted by Crippen LogP contribution is -2.39. The number of nitrogens with zero attached hydrogens (tertiary/aromatic N) is 4. The Balaban J connectivity index is 1.59. The Morgan fingerprint density at radius 1 is 1.22 bits per heavy atom. The van der Waals surface area contributed by atoms with Crippen molar-refractivity contribution in [1.29, 1.82) is 0 Å². The molecule has 2 fully saturated rings. The first kappa shape index (κ1) is 16.0. The molecule has 0 spiro atoms. The lowest BCUT2D eigenvalue weighted by Gasteiger charge is -2.32. The third kappa shape index (κ3) is 3.57. The summed E-state index contributed by atoms with van der Waals surface area (Å²) < 4.78 is 1.75. The van der Waals surface area contributed by atoms with Crippen molar-refractivity contribution >= 4 is 11.8 Å². The summed E-state index contributed by atoms with van der Waals surface area (Å²) >= 11 is 0. The minimum atomic E-state index is 0.109. The minimum absolute atomic E-state index is 0.109. The van der Waals surface area contributed by atoms with Crippen LogP contribution >= 0.6 is 0 Å². The quantitative estimate of drug-likeness (QED) is 0.848. The molecule has 1 saturated carbocycles. The summed E-state index contributed by atoms with van der Waals surface area (Å²) in [5.74, 6) is 1.16. The predicted molar refractivity (Wildman–Crippen MR) is 87.1 cm³/mol. The lowest BCUT2D eigenvalue weighted by atomic mass is 9.92. The molecule has 6 heteroatoms. The van der Waals surface area contributed by atoms with Crippen LogP contribution in [0.4, 0.5) is 0 Å². The van der Waals surface area contributed by atoms with Gasteiger partial charge in [0.15, 0.2) is 0 Å². The topological polar surface area (TPSA) is 58.4 Å². The van der Waals surface area contributed by atoms with Gasteiger partial charge in [0, 0.05) is 52.8 Å². The Hall–Kier alpha value is -1.85. The van der Waals surface area contributed by atoms with Crippen LogP contribution in [-0.4, -0.2) is 58.6 Å². The van der Waals surface area contributed by atoms with Crippen molar-refractivity contribution < 1.29 is 9.59 Å². The largest absolute Gasteiger partial charge is 0.349 e. The maximum Gasteiger partial charge on any atom is 0.257 e. The van der Waals surface area contributed by atoms with Crippen LogP contribution < -0.4 is 0 Å². The van der Waals surface area contributed by atoms with E-state index >= 15 is 0 Å². The van der Waals surface area contributed by atoms with Gasteiger partial charge in [0.1, 0.15) is 0 Å². The van der Waals surface area contributed by atoms with Crippen LogP contribution in [0.25, 0.3) is 0 Å². The number of aromatic nitrogens is 2. The van der Waals surface area contributed by atoms with E-state index in [0.29, 0.717) is 18.3 Å². The van der Waals surface area contributed by atoms with Crippen LogP contribution in [0.3, 0.4) is 0 Å². The molecule has 6 nitrogen and oxygen atoms in total. The van der Waals surface area contributed by atoms with Crippen molar-refractivity contribution in [3.05, 3.63) is 17.5 Å². The zero-order chi connectivity index (χ0) is 16.6. The number of amides is 2. The molecule has 23 heavy (non-hydrogen) atoms. The molecule has 0 aromatic carbocycles. The van der Waals surface area contributed by atoms with Gasteiger partial charge in [-0.1, -0.05) is 0 Å². The van der Waals surface area contributed by atoms with Crippen LogP contribution in [0.5, 0.6) is 0 Å². The van der Waals surface area contributed by atoms with Crippen LogP contribution in [-0.2, 0) is 11.8 Å². The molecule has 3 rings (SSSR count). The van der Waals surface area contributed by atoms with Crippen molar-refractivity contribution in [3.63, 3.8) is 0 Å². The maximum atomic E-state index is 12.8. The maximum absolute atomic E-state index is 12.8. The fraction of sp³-hybridized carbons (Fsp3) is 0.706. The number of hydrogen-bond donors (Lipinski definition) is 0. The second-order valence-electron chi connectivity index (χ2n) is 7.10. The zero-order valence-corrected chi connectivity index (χ0v) is 14.3. The molecule has 1 aromatic rings. The van der Waals surface area contributed by atoms with Gasteiger partial charge in [-0.25, -0.2) is 0 Å². The molecule has 0 atom stereocenters. The highest BCUT2D eigenvalue weighted by Crippen LogP contribution is 2.41. The van der Waals surface area contributed by atoms with E-state index in [1.165, 1.54) is 0 Å². The Kier molecular flexibility index (Phi) is 4.41. The van der Waals surface area contributed by atoms with Crippen LogP contribution in [0, 0.1) is 5.92 Å². The molecule has 0 N–H and O–H groups in total. The smallest absolute Gasteiger partial charge is 0.257 e. The zero-order valence-electron chi connectivity index (χ0n) is 14.3. The van der Waals surface area contributed by atoms with Crippen molar-refractivity contribution in [2.24, 2.45) is 13.0 Å². The summed E-state index contributed by atoms with van der Waals surface area (Å²) in [5.41, 5.74) is 1.75. The van der Waals surface area contributed by atoms with Gasteiger partial charge in [0.05, 0.1) is 11.3 Å². The number of hydrogen-bond acceptors (Lipinski definition) is 3. The first-order valence-electron chi connectivity index (χ1n) is 8.48. The van der Waals surface area contributed by atoms with Gasteiger partial charge in [0.25, 0.3) is 5.91 Å². The number of carbonyl (C=O) groups excluding carboxylic acids is 2. The van der Waals surface area contributed by atoms with E-state index in [0.717, 1.165) is 50.0 Å². The Labute approximate surface area is 137 Å².